The van der Waals surface area contributed by atoms with Crippen molar-refractivity contribution >= 4 is 27.3 Å². The minimum Gasteiger partial charge on any atom is -0.486 e. The van der Waals surface area contributed by atoms with E-state index in [1.54, 1.807) is 36.4 Å². The number of hydrogen-bond donors (Lipinski definition) is 2. The third-order valence-electron chi connectivity index (χ3n) is 4.72. The average molecular weight is 399 g/mol. The first-order chi connectivity index (χ1) is 13.2. The molecule has 7 nitrogen and oxygen atoms in total. The summed E-state index contributed by atoms with van der Waals surface area (Å²) in [5.41, 5.74) is 4.98. The number of fused-ring (bicyclic) bond motifs is 1. The lowest BCUT2D eigenvalue weighted by atomic mass is 10.0. The van der Waals surface area contributed by atoms with Crippen LogP contribution in [0, 0.1) is 0 Å². The standard InChI is InChI=1S/C20H21N3O4S/c1-20(2)12-14-4-3-5-17(19(14)27-20)28(25,26)23-15-8-6-13(7-9-15)16-10-11-18(24)22-21-16/h3-9,23H,10-12H2,1-2H3,(H,22,24). The summed E-state index contributed by atoms with van der Waals surface area (Å²) in [6, 6.07) is 12.1. The second kappa shape index (κ2) is 6.63. The first-order valence-electron chi connectivity index (χ1n) is 9.03. The molecule has 2 aliphatic rings. The molecule has 2 N–H and O–H groups in total. The Morgan fingerprint density at radius 2 is 1.86 bits per heavy atom. The zero-order valence-electron chi connectivity index (χ0n) is 15.7. The maximum absolute atomic E-state index is 12.9. The molecule has 0 fully saturated rings. The molecule has 2 heterocycles. The monoisotopic (exact) mass is 399 g/mol. The predicted octanol–water partition coefficient (Wildman–Crippen LogP) is 2.82. The Kier molecular flexibility index (Phi) is 4.38. The smallest absolute Gasteiger partial charge is 0.265 e. The van der Waals surface area contributed by atoms with Crippen LogP contribution in [-0.4, -0.2) is 25.6 Å². The van der Waals surface area contributed by atoms with E-state index in [0.717, 1.165) is 16.8 Å². The normalized spacial score (nSPS) is 17.9. The number of benzene rings is 2. The highest BCUT2D eigenvalue weighted by Gasteiger charge is 2.34. The molecule has 0 spiro atoms. The van der Waals surface area contributed by atoms with Gasteiger partial charge in [-0.25, -0.2) is 13.8 Å². The number of rotatable bonds is 4. The van der Waals surface area contributed by atoms with Gasteiger partial charge in [0.2, 0.25) is 5.91 Å². The number of amides is 1. The molecule has 0 bridgehead atoms. The third kappa shape index (κ3) is 3.60. The molecule has 28 heavy (non-hydrogen) atoms. The molecule has 0 saturated heterocycles. The van der Waals surface area contributed by atoms with Crippen LogP contribution in [0.5, 0.6) is 5.75 Å². The predicted molar refractivity (Wildman–Crippen MR) is 106 cm³/mol. The van der Waals surface area contributed by atoms with Crippen molar-refractivity contribution in [1.29, 1.82) is 0 Å². The van der Waals surface area contributed by atoms with E-state index in [4.69, 9.17) is 4.74 Å². The van der Waals surface area contributed by atoms with Gasteiger partial charge >= 0.3 is 0 Å². The van der Waals surface area contributed by atoms with Gasteiger partial charge in [0.1, 0.15) is 16.2 Å². The van der Waals surface area contributed by atoms with Crippen molar-refractivity contribution in [3.63, 3.8) is 0 Å². The fourth-order valence-electron chi connectivity index (χ4n) is 3.42. The number of ether oxygens (including phenoxy) is 1. The van der Waals surface area contributed by atoms with Gasteiger partial charge in [0.05, 0.1) is 5.71 Å². The molecule has 1 amide bonds. The summed E-state index contributed by atoms with van der Waals surface area (Å²) in [6.07, 6.45) is 1.61. The molecule has 2 aromatic rings. The van der Waals surface area contributed by atoms with E-state index in [1.165, 1.54) is 0 Å². The zero-order valence-corrected chi connectivity index (χ0v) is 16.5. The molecule has 0 saturated carbocycles. The Balaban J connectivity index is 1.57. The molecule has 0 unspecified atom stereocenters. The van der Waals surface area contributed by atoms with E-state index in [9.17, 15) is 13.2 Å². The molecule has 0 radical (unpaired) electrons. The lowest BCUT2D eigenvalue weighted by molar-refractivity contribution is -0.121. The summed E-state index contributed by atoms with van der Waals surface area (Å²) >= 11 is 0. The van der Waals surface area contributed by atoms with Crippen molar-refractivity contribution in [2.75, 3.05) is 4.72 Å². The number of para-hydroxylation sites is 1. The number of carbonyl (C=O) groups excluding carboxylic acids is 1. The maximum Gasteiger partial charge on any atom is 0.265 e. The molecular weight excluding hydrogens is 378 g/mol. The van der Waals surface area contributed by atoms with Gasteiger partial charge in [-0.05, 0) is 43.2 Å². The second-order valence-corrected chi connectivity index (χ2v) is 9.21. The summed E-state index contributed by atoms with van der Waals surface area (Å²) in [5.74, 6) is 0.317. The number of hydrogen-bond acceptors (Lipinski definition) is 5. The van der Waals surface area contributed by atoms with Gasteiger partial charge in [-0.3, -0.25) is 9.52 Å². The Labute approximate surface area is 163 Å². The van der Waals surface area contributed by atoms with Gasteiger partial charge in [-0.1, -0.05) is 24.3 Å². The van der Waals surface area contributed by atoms with E-state index in [2.05, 4.69) is 15.2 Å². The van der Waals surface area contributed by atoms with Crippen molar-refractivity contribution in [3.05, 3.63) is 53.6 Å². The molecule has 8 heteroatoms. The number of nitrogens with zero attached hydrogens (tertiary/aromatic N) is 1. The molecule has 0 aromatic heterocycles. The van der Waals surface area contributed by atoms with Crippen molar-refractivity contribution in [2.24, 2.45) is 5.10 Å². The Morgan fingerprint density at radius 3 is 2.54 bits per heavy atom. The SMILES string of the molecule is CC1(C)Cc2cccc(S(=O)(=O)Nc3ccc(C4=NNC(=O)CC4)cc3)c2O1. The molecule has 4 rings (SSSR count). The summed E-state index contributed by atoms with van der Waals surface area (Å²) in [7, 11) is -3.80. The van der Waals surface area contributed by atoms with E-state index in [0.29, 0.717) is 30.7 Å². The van der Waals surface area contributed by atoms with Crippen molar-refractivity contribution in [3.8, 4) is 5.75 Å². The van der Waals surface area contributed by atoms with Crippen LogP contribution < -0.4 is 14.9 Å². The molecular formula is C20H21N3O4S. The van der Waals surface area contributed by atoms with E-state index in [1.807, 2.05) is 19.9 Å². The van der Waals surface area contributed by atoms with Gasteiger partial charge in [-0.2, -0.15) is 5.10 Å². The number of carbonyl (C=O) groups is 1. The van der Waals surface area contributed by atoms with Crippen LogP contribution >= 0.6 is 0 Å². The third-order valence-corrected chi connectivity index (χ3v) is 6.12. The highest BCUT2D eigenvalue weighted by molar-refractivity contribution is 7.92. The minimum atomic E-state index is -3.80. The highest BCUT2D eigenvalue weighted by atomic mass is 32.2. The highest BCUT2D eigenvalue weighted by Crippen LogP contribution is 2.40. The fraction of sp³-hybridized carbons (Fsp3) is 0.300. The van der Waals surface area contributed by atoms with Crippen molar-refractivity contribution in [2.45, 2.75) is 43.6 Å². The van der Waals surface area contributed by atoms with Crippen LogP contribution in [0.4, 0.5) is 5.69 Å². The number of hydrazone groups is 1. The lowest BCUT2D eigenvalue weighted by Gasteiger charge is -2.18. The quantitative estimate of drug-likeness (QED) is 0.826. The van der Waals surface area contributed by atoms with Crippen molar-refractivity contribution < 1.29 is 17.9 Å². The maximum atomic E-state index is 12.9. The molecule has 0 atom stereocenters. The summed E-state index contributed by atoms with van der Waals surface area (Å²) in [5, 5.41) is 4.05. The van der Waals surface area contributed by atoms with E-state index in [-0.39, 0.29) is 10.8 Å². The number of nitrogens with one attached hydrogen (secondary N) is 2. The first-order valence-corrected chi connectivity index (χ1v) is 10.5. The van der Waals surface area contributed by atoms with Crippen LogP contribution in [0.25, 0.3) is 0 Å². The Morgan fingerprint density at radius 1 is 1.11 bits per heavy atom. The minimum absolute atomic E-state index is 0.103. The van der Waals surface area contributed by atoms with Gasteiger partial charge in [0, 0.05) is 24.9 Å². The van der Waals surface area contributed by atoms with Gasteiger partial charge in [0.15, 0.2) is 0 Å². The average Bonchev–Trinajstić information content (AvgIpc) is 2.96. The molecule has 2 aromatic carbocycles. The second-order valence-electron chi connectivity index (χ2n) is 7.56. The Bertz CT molecular complexity index is 1070. The summed E-state index contributed by atoms with van der Waals surface area (Å²) in [4.78, 5) is 11.3. The van der Waals surface area contributed by atoms with Crippen LogP contribution in [0.3, 0.4) is 0 Å². The van der Waals surface area contributed by atoms with Crippen LogP contribution in [0.1, 0.15) is 37.8 Å². The van der Waals surface area contributed by atoms with E-state index >= 15 is 0 Å². The van der Waals surface area contributed by atoms with Gasteiger partial charge in [-0.15, -0.1) is 0 Å². The Hall–Kier alpha value is -2.87. The summed E-state index contributed by atoms with van der Waals surface area (Å²) in [6.45, 7) is 3.87. The zero-order chi connectivity index (χ0) is 19.9. The van der Waals surface area contributed by atoms with E-state index < -0.39 is 15.6 Å². The first kappa shape index (κ1) is 18.5. The molecule has 0 aliphatic carbocycles. The number of sulfonamides is 1. The summed E-state index contributed by atoms with van der Waals surface area (Å²) < 4.78 is 34.4. The largest absolute Gasteiger partial charge is 0.486 e. The molecule has 146 valence electrons. The van der Waals surface area contributed by atoms with Gasteiger partial charge in [0.25, 0.3) is 10.0 Å². The van der Waals surface area contributed by atoms with Crippen LogP contribution in [0.2, 0.25) is 0 Å². The topological polar surface area (TPSA) is 96.9 Å². The van der Waals surface area contributed by atoms with Crippen LogP contribution in [-0.2, 0) is 21.2 Å². The molecule has 2 aliphatic heterocycles. The van der Waals surface area contributed by atoms with Gasteiger partial charge < -0.3 is 4.74 Å². The van der Waals surface area contributed by atoms with Crippen LogP contribution in [0.15, 0.2) is 52.5 Å². The number of anilines is 1. The lowest BCUT2D eigenvalue weighted by Crippen LogP contribution is -2.25. The fourth-order valence-corrected chi connectivity index (χ4v) is 4.65. The van der Waals surface area contributed by atoms with Crippen molar-refractivity contribution in [1.82, 2.24) is 5.43 Å².